The Hall–Kier alpha value is -1.88. The standard InChI is InChI=1S/C19H26N2O2/c1-23-18-9-7-17(8-10-18)19(21-12-11-20-13-14-22)15-16-5-3-2-4-6-16/h2-10,19-22H,11-15H2,1H3/t19-/m0/s1. The molecule has 0 aliphatic heterocycles. The van der Waals surface area contributed by atoms with Gasteiger partial charge in [-0.1, -0.05) is 42.5 Å². The van der Waals surface area contributed by atoms with Crippen LogP contribution in [-0.4, -0.2) is 38.5 Å². The van der Waals surface area contributed by atoms with E-state index in [4.69, 9.17) is 9.84 Å². The second-order valence-corrected chi connectivity index (χ2v) is 5.44. The maximum absolute atomic E-state index is 8.80. The molecule has 0 amide bonds. The molecule has 0 spiro atoms. The van der Waals surface area contributed by atoms with Crippen molar-refractivity contribution in [2.75, 3.05) is 33.4 Å². The fourth-order valence-electron chi connectivity index (χ4n) is 2.53. The number of ether oxygens (including phenoxy) is 1. The van der Waals surface area contributed by atoms with E-state index in [1.165, 1.54) is 11.1 Å². The van der Waals surface area contributed by atoms with Gasteiger partial charge in [0.2, 0.25) is 0 Å². The number of benzene rings is 2. The van der Waals surface area contributed by atoms with Crippen LogP contribution in [0, 0.1) is 0 Å². The number of nitrogens with one attached hydrogen (secondary N) is 2. The van der Waals surface area contributed by atoms with Crippen LogP contribution in [0.25, 0.3) is 0 Å². The minimum Gasteiger partial charge on any atom is -0.497 e. The zero-order valence-electron chi connectivity index (χ0n) is 13.7. The van der Waals surface area contributed by atoms with Crippen molar-refractivity contribution in [2.45, 2.75) is 12.5 Å². The Bertz CT molecular complexity index is 543. The summed E-state index contributed by atoms with van der Waals surface area (Å²) in [6.07, 6.45) is 0.938. The van der Waals surface area contributed by atoms with Crippen molar-refractivity contribution in [1.29, 1.82) is 0 Å². The van der Waals surface area contributed by atoms with E-state index in [0.717, 1.165) is 25.3 Å². The predicted octanol–water partition coefficient (Wildman–Crippen LogP) is 2.15. The fraction of sp³-hybridized carbons (Fsp3) is 0.368. The van der Waals surface area contributed by atoms with Gasteiger partial charge in [-0.15, -0.1) is 0 Å². The van der Waals surface area contributed by atoms with E-state index in [-0.39, 0.29) is 12.6 Å². The molecule has 2 aromatic rings. The monoisotopic (exact) mass is 314 g/mol. The van der Waals surface area contributed by atoms with Crippen molar-refractivity contribution in [2.24, 2.45) is 0 Å². The molecular weight excluding hydrogens is 288 g/mol. The second kappa shape index (κ2) is 10.0. The molecule has 124 valence electrons. The van der Waals surface area contributed by atoms with Crippen LogP contribution < -0.4 is 15.4 Å². The normalized spacial score (nSPS) is 12.1. The van der Waals surface area contributed by atoms with Crippen molar-refractivity contribution < 1.29 is 9.84 Å². The number of aliphatic hydroxyl groups excluding tert-OH is 1. The van der Waals surface area contributed by atoms with Gasteiger partial charge in [-0.3, -0.25) is 0 Å². The molecule has 0 saturated heterocycles. The lowest BCUT2D eigenvalue weighted by molar-refractivity contribution is 0.292. The maximum Gasteiger partial charge on any atom is 0.118 e. The van der Waals surface area contributed by atoms with Gasteiger partial charge >= 0.3 is 0 Å². The van der Waals surface area contributed by atoms with E-state index >= 15 is 0 Å². The van der Waals surface area contributed by atoms with Crippen molar-refractivity contribution >= 4 is 0 Å². The van der Waals surface area contributed by atoms with E-state index < -0.39 is 0 Å². The van der Waals surface area contributed by atoms with Crippen molar-refractivity contribution in [3.8, 4) is 5.75 Å². The van der Waals surface area contributed by atoms with Gasteiger partial charge in [0.05, 0.1) is 13.7 Å². The van der Waals surface area contributed by atoms with E-state index in [0.29, 0.717) is 6.54 Å². The Balaban J connectivity index is 2.00. The predicted molar refractivity (Wildman–Crippen MR) is 93.8 cm³/mol. The zero-order valence-corrected chi connectivity index (χ0v) is 13.7. The van der Waals surface area contributed by atoms with Crippen molar-refractivity contribution in [3.05, 3.63) is 65.7 Å². The third kappa shape index (κ3) is 6.02. The summed E-state index contributed by atoms with van der Waals surface area (Å²) in [6.45, 7) is 2.49. The van der Waals surface area contributed by atoms with E-state index in [2.05, 4.69) is 47.0 Å². The molecule has 2 rings (SSSR count). The molecule has 0 heterocycles. The molecule has 0 aliphatic carbocycles. The molecule has 1 atom stereocenters. The van der Waals surface area contributed by atoms with Crippen LogP contribution in [0.15, 0.2) is 54.6 Å². The van der Waals surface area contributed by atoms with Crippen LogP contribution in [0.4, 0.5) is 0 Å². The number of rotatable bonds is 10. The van der Waals surface area contributed by atoms with Gasteiger partial charge in [0.1, 0.15) is 5.75 Å². The largest absolute Gasteiger partial charge is 0.497 e. The highest BCUT2D eigenvalue weighted by Crippen LogP contribution is 2.21. The molecule has 0 bridgehead atoms. The van der Waals surface area contributed by atoms with Gasteiger partial charge in [-0.2, -0.15) is 0 Å². The molecule has 4 heteroatoms. The van der Waals surface area contributed by atoms with Crippen LogP contribution in [0.5, 0.6) is 5.75 Å². The second-order valence-electron chi connectivity index (χ2n) is 5.44. The number of hydrogen-bond acceptors (Lipinski definition) is 4. The fourth-order valence-corrected chi connectivity index (χ4v) is 2.53. The average Bonchev–Trinajstić information content (AvgIpc) is 2.61. The molecule has 0 unspecified atom stereocenters. The van der Waals surface area contributed by atoms with E-state index in [1.807, 2.05) is 18.2 Å². The first-order chi connectivity index (χ1) is 11.3. The van der Waals surface area contributed by atoms with Crippen molar-refractivity contribution in [3.63, 3.8) is 0 Å². The first-order valence-corrected chi connectivity index (χ1v) is 8.06. The summed E-state index contributed by atoms with van der Waals surface area (Å²) >= 11 is 0. The summed E-state index contributed by atoms with van der Waals surface area (Å²) in [6, 6.07) is 19.0. The highest BCUT2D eigenvalue weighted by atomic mass is 16.5. The van der Waals surface area contributed by atoms with Crippen LogP contribution in [0.3, 0.4) is 0 Å². The summed E-state index contributed by atoms with van der Waals surface area (Å²) in [7, 11) is 1.68. The minimum absolute atomic E-state index is 0.173. The van der Waals surface area contributed by atoms with Crippen molar-refractivity contribution in [1.82, 2.24) is 10.6 Å². The SMILES string of the molecule is COc1ccc([C@H](Cc2ccccc2)NCCNCCO)cc1. The Kier molecular flexibility index (Phi) is 7.60. The molecule has 3 N–H and O–H groups in total. The molecule has 23 heavy (non-hydrogen) atoms. The van der Waals surface area contributed by atoms with Gasteiger partial charge in [0.25, 0.3) is 0 Å². The molecule has 4 nitrogen and oxygen atoms in total. The molecule has 0 aromatic heterocycles. The average molecular weight is 314 g/mol. The first-order valence-electron chi connectivity index (χ1n) is 8.06. The molecular formula is C19H26N2O2. The van der Waals surface area contributed by atoms with Gasteiger partial charge in [0.15, 0.2) is 0 Å². The summed E-state index contributed by atoms with van der Waals surface area (Å²) in [5.74, 6) is 0.872. The minimum atomic E-state index is 0.173. The highest BCUT2D eigenvalue weighted by molar-refractivity contribution is 5.30. The molecule has 2 aromatic carbocycles. The molecule has 0 aliphatic rings. The summed E-state index contributed by atoms with van der Waals surface area (Å²) in [4.78, 5) is 0. The zero-order chi connectivity index (χ0) is 16.3. The van der Waals surface area contributed by atoms with E-state index in [1.54, 1.807) is 7.11 Å². The number of aliphatic hydroxyl groups is 1. The van der Waals surface area contributed by atoms with Crippen LogP contribution in [0.2, 0.25) is 0 Å². The highest BCUT2D eigenvalue weighted by Gasteiger charge is 2.11. The Morgan fingerprint density at radius 1 is 0.957 bits per heavy atom. The first kappa shape index (κ1) is 17.5. The quantitative estimate of drug-likeness (QED) is 0.588. The molecule has 0 radical (unpaired) electrons. The number of methoxy groups -OCH3 is 1. The topological polar surface area (TPSA) is 53.5 Å². The Labute approximate surface area is 138 Å². The van der Waals surface area contributed by atoms with Gasteiger partial charge in [0, 0.05) is 25.7 Å². The van der Waals surface area contributed by atoms with Crippen LogP contribution >= 0.6 is 0 Å². The lowest BCUT2D eigenvalue weighted by atomic mass is 9.98. The number of hydrogen-bond donors (Lipinski definition) is 3. The molecule has 0 fully saturated rings. The van der Waals surface area contributed by atoms with Crippen LogP contribution in [0.1, 0.15) is 17.2 Å². The smallest absolute Gasteiger partial charge is 0.118 e. The van der Waals surface area contributed by atoms with Gasteiger partial charge in [-0.05, 0) is 29.7 Å². The summed E-state index contributed by atoms with van der Waals surface area (Å²) < 4.78 is 5.24. The summed E-state index contributed by atoms with van der Waals surface area (Å²) in [5.41, 5.74) is 2.56. The third-order valence-corrected chi connectivity index (χ3v) is 3.78. The lowest BCUT2D eigenvalue weighted by Gasteiger charge is -2.20. The third-order valence-electron chi connectivity index (χ3n) is 3.78. The Morgan fingerprint density at radius 3 is 2.35 bits per heavy atom. The molecule has 0 saturated carbocycles. The van der Waals surface area contributed by atoms with Gasteiger partial charge in [-0.25, -0.2) is 0 Å². The summed E-state index contributed by atoms with van der Waals surface area (Å²) in [5, 5.41) is 15.6. The van der Waals surface area contributed by atoms with E-state index in [9.17, 15) is 0 Å². The maximum atomic E-state index is 8.80. The van der Waals surface area contributed by atoms with Gasteiger partial charge < -0.3 is 20.5 Å². The Morgan fingerprint density at radius 2 is 1.70 bits per heavy atom. The lowest BCUT2D eigenvalue weighted by Crippen LogP contribution is -2.32. The van der Waals surface area contributed by atoms with Crippen LogP contribution in [-0.2, 0) is 6.42 Å².